The number of carbonyl (C=O) groups is 1. The molecule has 0 radical (unpaired) electrons. The standard InChI is InChI=1S/C13H14N4O2/c18-13(19)11-6-7-17(16-11)12-8-9-4-2-1-3-5-10(9)14-15-12/h6-8H,1-5H2,(H,18,19). The van der Waals surface area contributed by atoms with Gasteiger partial charge in [0.25, 0.3) is 0 Å². The van der Waals surface area contributed by atoms with Gasteiger partial charge in [-0.1, -0.05) is 6.42 Å². The first-order chi connectivity index (χ1) is 9.24. The molecule has 19 heavy (non-hydrogen) atoms. The Morgan fingerprint density at radius 1 is 1.21 bits per heavy atom. The number of carboxylic acid groups (broad SMARTS) is 1. The van der Waals surface area contributed by atoms with Gasteiger partial charge in [0, 0.05) is 6.20 Å². The molecule has 98 valence electrons. The van der Waals surface area contributed by atoms with Crippen molar-refractivity contribution in [1.82, 2.24) is 20.0 Å². The third-order valence-electron chi connectivity index (χ3n) is 3.35. The summed E-state index contributed by atoms with van der Waals surface area (Å²) in [5.41, 5.74) is 2.28. The highest BCUT2D eigenvalue weighted by molar-refractivity contribution is 5.85. The number of rotatable bonds is 2. The quantitative estimate of drug-likeness (QED) is 0.828. The monoisotopic (exact) mass is 258 g/mol. The molecule has 2 aromatic rings. The SMILES string of the molecule is O=C(O)c1ccn(-c2cc3c(nn2)CCCCC3)n1. The average Bonchev–Trinajstić information content (AvgIpc) is 2.78. The minimum absolute atomic E-state index is 0.0109. The minimum atomic E-state index is -1.04. The number of carboxylic acids is 1. The van der Waals surface area contributed by atoms with Crippen LogP contribution in [0.3, 0.4) is 0 Å². The predicted octanol–water partition coefficient (Wildman–Crippen LogP) is 1.63. The summed E-state index contributed by atoms with van der Waals surface area (Å²) in [4.78, 5) is 10.8. The molecule has 0 aromatic carbocycles. The molecular formula is C13H14N4O2. The molecule has 1 aliphatic rings. The lowest BCUT2D eigenvalue weighted by atomic mass is 10.1. The van der Waals surface area contributed by atoms with Gasteiger partial charge in [0.15, 0.2) is 11.5 Å². The van der Waals surface area contributed by atoms with Crippen molar-refractivity contribution in [2.75, 3.05) is 0 Å². The van der Waals surface area contributed by atoms with E-state index in [1.807, 2.05) is 6.07 Å². The van der Waals surface area contributed by atoms with Gasteiger partial charge in [0.1, 0.15) is 0 Å². The van der Waals surface area contributed by atoms with E-state index in [-0.39, 0.29) is 5.69 Å². The van der Waals surface area contributed by atoms with Crippen LogP contribution in [0.1, 0.15) is 41.0 Å². The van der Waals surface area contributed by atoms with Crippen molar-refractivity contribution in [3.63, 3.8) is 0 Å². The lowest BCUT2D eigenvalue weighted by Crippen LogP contribution is -2.06. The van der Waals surface area contributed by atoms with E-state index in [2.05, 4.69) is 15.3 Å². The summed E-state index contributed by atoms with van der Waals surface area (Å²) in [5.74, 6) is -0.463. The molecule has 0 spiro atoms. The van der Waals surface area contributed by atoms with Gasteiger partial charge in [-0.3, -0.25) is 0 Å². The highest BCUT2D eigenvalue weighted by Crippen LogP contribution is 2.19. The molecule has 2 heterocycles. The second-order valence-corrected chi connectivity index (χ2v) is 4.69. The first kappa shape index (κ1) is 11.8. The Labute approximate surface area is 110 Å². The van der Waals surface area contributed by atoms with E-state index < -0.39 is 5.97 Å². The summed E-state index contributed by atoms with van der Waals surface area (Å²) in [6.07, 6.45) is 7.11. The van der Waals surface area contributed by atoms with E-state index >= 15 is 0 Å². The van der Waals surface area contributed by atoms with E-state index in [0.29, 0.717) is 5.82 Å². The van der Waals surface area contributed by atoms with Crippen LogP contribution in [0.2, 0.25) is 0 Å². The summed E-state index contributed by atoms with van der Waals surface area (Å²) >= 11 is 0. The topological polar surface area (TPSA) is 80.9 Å². The largest absolute Gasteiger partial charge is 0.476 e. The summed E-state index contributed by atoms with van der Waals surface area (Å²) in [6.45, 7) is 0. The maximum Gasteiger partial charge on any atom is 0.356 e. The maximum absolute atomic E-state index is 10.8. The van der Waals surface area contributed by atoms with Gasteiger partial charge in [0.05, 0.1) is 5.69 Å². The van der Waals surface area contributed by atoms with Crippen LogP contribution in [-0.2, 0) is 12.8 Å². The van der Waals surface area contributed by atoms with Crippen LogP contribution >= 0.6 is 0 Å². The molecule has 0 saturated carbocycles. The van der Waals surface area contributed by atoms with Crippen LogP contribution in [0.25, 0.3) is 5.82 Å². The fourth-order valence-electron chi connectivity index (χ4n) is 2.33. The lowest BCUT2D eigenvalue weighted by Gasteiger charge is -2.06. The van der Waals surface area contributed by atoms with E-state index in [1.54, 1.807) is 6.20 Å². The molecule has 0 saturated heterocycles. The zero-order valence-corrected chi connectivity index (χ0v) is 10.4. The third kappa shape index (κ3) is 2.33. The van der Waals surface area contributed by atoms with Crippen molar-refractivity contribution in [1.29, 1.82) is 0 Å². The molecule has 6 nitrogen and oxygen atoms in total. The number of fused-ring (bicyclic) bond motifs is 1. The second kappa shape index (κ2) is 4.79. The first-order valence-corrected chi connectivity index (χ1v) is 6.39. The van der Waals surface area contributed by atoms with Gasteiger partial charge in [-0.2, -0.15) is 10.2 Å². The average molecular weight is 258 g/mol. The van der Waals surface area contributed by atoms with Crippen molar-refractivity contribution in [3.05, 3.63) is 35.3 Å². The zero-order valence-electron chi connectivity index (χ0n) is 10.4. The third-order valence-corrected chi connectivity index (χ3v) is 3.35. The van der Waals surface area contributed by atoms with Gasteiger partial charge in [-0.05, 0) is 43.4 Å². The maximum atomic E-state index is 10.8. The molecule has 3 rings (SSSR count). The summed E-state index contributed by atoms with van der Waals surface area (Å²) in [6, 6.07) is 3.42. The predicted molar refractivity (Wildman–Crippen MR) is 67.4 cm³/mol. The van der Waals surface area contributed by atoms with Crippen molar-refractivity contribution in [2.45, 2.75) is 32.1 Å². The molecule has 0 bridgehead atoms. The van der Waals surface area contributed by atoms with E-state index in [0.717, 1.165) is 31.4 Å². The highest BCUT2D eigenvalue weighted by atomic mass is 16.4. The number of aryl methyl sites for hydroxylation is 2. The van der Waals surface area contributed by atoms with Crippen LogP contribution in [0.5, 0.6) is 0 Å². The van der Waals surface area contributed by atoms with Gasteiger partial charge < -0.3 is 5.11 Å². The molecule has 2 aromatic heterocycles. The number of hydrogen-bond acceptors (Lipinski definition) is 4. The zero-order chi connectivity index (χ0) is 13.2. The Morgan fingerprint density at radius 2 is 2.05 bits per heavy atom. The van der Waals surface area contributed by atoms with Crippen molar-refractivity contribution in [2.24, 2.45) is 0 Å². The van der Waals surface area contributed by atoms with E-state index in [9.17, 15) is 4.79 Å². The van der Waals surface area contributed by atoms with E-state index in [1.165, 1.54) is 22.7 Å². The normalized spacial score (nSPS) is 14.7. The lowest BCUT2D eigenvalue weighted by molar-refractivity contribution is 0.0690. The van der Waals surface area contributed by atoms with Gasteiger partial charge in [-0.25, -0.2) is 9.48 Å². The molecule has 0 fully saturated rings. The molecule has 6 heteroatoms. The number of aromatic nitrogens is 4. The van der Waals surface area contributed by atoms with E-state index in [4.69, 9.17) is 5.11 Å². The minimum Gasteiger partial charge on any atom is -0.476 e. The van der Waals surface area contributed by atoms with Gasteiger partial charge >= 0.3 is 5.97 Å². The van der Waals surface area contributed by atoms with Gasteiger partial charge in [-0.15, -0.1) is 5.10 Å². The molecule has 1 aliphatic carbocycles. The molecule has 1 N–H and O–H groups in total. The van der Waals surface area contributed by atoms with Crippen LogP contribution in [0.4, 0.5) is 0 Å². The molecule has 0 amide bonds. The smallest absolute Gasteiger partial charge is 0.356 e. The van der Waals surface area contributed by atoms with Gasteiger partial charge in [0.2, 0.25) is 0 Å². The van der Waals surface area contributed by atoms with Crippen LogP contribution < -0.4 is 0 Å². The summed E-state index contributed by atoms with van der Waals surface area (Å²) < 4.78 is 1.46. The van der Waals surface area contributed by atoms with Crippen molar-refractivity contribution < 1.29 is 9.90 Å². The fraction of sp³-hybridized carbons (Fsp3) is 0.385. The molecule has 0 aliphatic heterocycles. The van der Waals surface area contributed by atoms with Crippen LogP contribution in [-0.4, -0.2) is 31.1 Å². The number of aromatic carboxylic acids is 1. The number of hydrogen-bond donors (Lipinski definition) is 1. The van der Waals surface area contributed by atoms with Crippen molar-refractivity contribution >= 4 is 5.97 Å². The summed E-state index contributed by atoms with van der Waals surface area (Å²) in [5, 5.41) is 21.2. The Morgan fingerprint density at radius 3 is 2.84 bits per heavy atom. The van der Waals surface area contributed by atoms with Crippen LogP contribution in [0, 0.1) is 0 Å². The fourth-order valence-corrected chi connectivity index (χ4v) is 2.33. The molecule has 0 unspecified atom stereocenters. The Balaban J connectivity index is 1.96. The first-order valence-electron chi connectivity index (χ1n) is 6.39. The Bertz CT molecular complexity index is 621. The summed E-state index contributed by atoms with van der Waals surface area (Å²) in [7, 11) is 0. The Hall–Kier alpha value is -2.24. The molecule has 0 atom stereocenters. The molecular weight excluding hydrogens is 244 g/mol. The Kier molecular flexibility index (Phi) is 2.98. The van der Waals surface area contributed by atoms with Crippen LogP contribution in [0.15, 0.2) is 18.3 Å². The van der Waals surface area contributed by atoms with Crippen molar-refractivity contribution in [3.8, 4) is 5.82 Å². The second-order valence-electron chi connectivity index (χ2n) is 4.69. The highest BCUT2D eigenvalue weighted by Gasteiger charge is 2.13. The number of nitrogens with zero attached hydrogens (tertiary/aromatic N) is 4.